The summed E-state index contributed by atoms with van der Waals surface area (Å²) in [5.41, 5.74) is 6.04. The molecule has 94 valence electrons. The maximum absolute atomic E-state index is 12.6. The zero-order valence-corrected chi connectivity index (χ0v) is 9.50. The summed E-state index contributed by atoms with van der Waals surface area (Å²) >= 11 is 0. The first-order chi connectivity index (χ1) is 7.98. The van der Waals surface area contributed by atoms with Crippen molar-refractivity contribution >= 4 is 0 Å². The van der Waals surface area contributed by atoms with Crippen LogP contribution in [-0.2, 0) is 6.18 Å². The van der Waals surface area contributed by atoms with Crippen LogP contribution in [0.2, 0.25) is 0 Å². The largest absolute Gasteiger partial charge is 0.416 e. The molecule has 1 aromatic rings. The zero-order valence-electron chi connectivity index (χ0n) is 9.50. The van der Waals surface area contributed by atoms with Gasteiger partial charge >= 0.3 is 6.18 Å². The third kappa shape index (κ3) is 2.80. The lowest BCUT2D eigenvalue weighted by Crippen LogP contribution is -2.19. The van der Waals surface area contributed by atoms with Gasteiger partial charge in [-0.15, -0.1) is 0 Å². The third-order valence-corrected chi connectivity index (χ3v) is 3.51. The summed E-state index contributed by atoms with van der Waals surface area (Å²) in [6, 6.07) is 5.14. The topological polar surface area (TPSA) is 26.0 Å². The Balaban J connectivity index is 2.20. The average molecular weight is 243 g/mol. The standard InChI is InChI=1S/C13H16F3N/c14-13(15,16)11-7-3-6-10(8-11)12(17)9-4-1-2-5-9/h3,6-9,12H,1-2,4-5,17H2/t12-/m1/s1. The summed E-state index contributed by atoms with van der Waals surface area (Å²) in [6.45, 7) is 0. The predicted molar refractivity (Wildman–Crippen MR) is 60.3 cm³/mol. The number of benzene rings is 1. The Bertz CT molecular complexity index is 380. The molecule has 0 aromatic heterocycles. The van der Waals surface area contributed by atoms with Gasteiger partial charge in [-0.1, -0.05) is 25.0 Å². The lowest BCUT2D eigenvalue weighted by molar-refractivity contribution is -0.137. The Morgan fingerprint density at radius 2 is 1.82 bits per heavy atom. The fourth-order valence-electron chi connectivity index (χ4n) is 2.51. The normalized spacial score (nSPS) is 19.5. The second-order valence-electron chi connectivity index (χ2n) is 4.69. The Hall–Kier alpha value is -1.03. The van der Waals surface area contributed by atoms with E-state index in [9.17, 15) is 13.2 Å². The van der Waals surface area contributed by atoms with Crippen LogP contribution in [0, 0.1) is 5.92 Å². The number of hydrogen-bond acceptors (Lipinski definition) is 1. The van der Waals surface area contributed by atoms with Crippen LogP contribution in [-0.4, -0.2) is 0 Å². The van der Waals surface area contributed by atoms with Crippen LogP contribution in [0.15, 0.2) is 24.3 Å². The Labute approximate surface area is 98.8 Å². The van der Waals surface area contributed by atoms with E-state index in [0.29, 0.717) is 11.5 Å². The van der Waals surface area contributed by atoms with Crippen LogP contribution in [0.25, 0.3) is 0 Å². The number of hydrogen-bond donors (Lipinski definition) is 1. The van der Waals surface area contributed by atoms with Crippen molar-refractivity contribution in [3.8, 4) is 0 Å². The molecule has 2 N–H and O–H groups in total. The molecule has 0 amide bonds. The first-order valence-corrected chi connectivity index (χ1v) is 5.91. The molecule has 1 aliphatic rings. The van der Waals surface area contributed by atoms with Crippen molar-refractivity contribution in [3.63, 3.8) is 0 Å². The van der Waals surface area contributed by atoms with Crippen molar-refractivity contribution in [2.45, 2.75) is 37.9 Å². The lowest BCUT2D eigenvalue weighted by atomic mass is 9.91. The van der Waals surface area contributed by atoms with Gasteiger partial charge in [0.2, 0.25) is 0 Å². The quantitative estimate of drug-likeness (QED) is 0.837. The van der Waals surface area contributed by atoms with Gasteiger partial charge in [0.25, 0.3) is 0 Å². The third-order valence-electron chi connectivity index (χ3n) is 3.51. The molecule has 1 saturated carbocycles. The SMILES string of the molecule is N[C@@H](c1cccc(C(F)(F)F)c1)C1CCCC1. The number of nitrogens with two attached hydrogens (primary N) is 1. The first-order valence-electron chi connectivity index (χ1n) is 5.91. The Kier molecular flexibility index (Phi) is 3.43. The van der Waals surface area contributed by atoms with Crippen LogP contribution in [0.1, 0.15) is 42.9 Å². The molecule has 17 heavy (non-hydrogen) atoms. The molecule has 0 aliphatic heterocycles. The summed E-state index contributed by atoms with van der Waals surface area (Å²) in [7, 11) is 0. The van der Waals surface area contributed by atoms with Crippen molar-refractivity contribution in [2.24, 2.45) is 11.7 Å². The second kappa shape index (κ2) is 4.69. The van der Waals surface area contributed by atoms with Crippen LogP contribution in [0.5, 0.6) is 0 Å². The molecule has 0 spiro atoms. The fourth-order valence-corrected chi connectivity index (χ4v) is 2.51. The molecular weight excluding hydrogens is 227 g/mol. The van der Waals surface area contributed by atoms with Gasteiger partial charge in [-0.3, -0.25) is 0 Å². The van der Waals surface area contributed by atoms with Crippen LogP contribution in [0.3, 0.4) is 0 Å². The minimum Gasteiger partial charge on any atom is -0.324 e. The van der Waals surface area contributed by atoms with E-state index < -0.39 is 11.7 Å². The molecule has 0 radical (unpaired) electrons. The van der Waals surface area contributed by atoms with E-state index in [-0.39, 0.29) is 6.04 Å². The minimum absolute atomic E-state index is 0.264. The Morgan fingerprint density at radius 3 is 2.41 bits per heavy atom. The van der Waals surface area contributed by atoms with E-state index >= 15 is 0 Å². The number of rotatable bonds is 2. The van der Waals surface area contributed by atoms with Gasteiger partial charge in [0.15, 0.2) is 0 Å². The second-order valence-corrected chi connectivity index (χ2v) is 4.69. The average Bonchev–Trinajstić information content (AvgIpc) is 2.80. The highest BCUT2D eigenvalue weighted by Gasteiger charge is 2.31. The van der Waals surface area contributed by atoms with Crippen molar-refractivity contribution in [2.75, 3.05) is 0 Å². The molecule has 1 aromatic carbocycles. The van der Waals surface area contributed by atoms with Gasteiger partial charge in [0, 0.05) is 6.04 Å². The zero-order chi connectivity index (χ0) is 12.5. The highest BCUT2D eigenvalue weighted by atomic mass is 19.4. The summed E-state index contributed by atoms with van der Waals surface area (Å²) < 4.78 is 37.7. The molecule has 1 nitrogen and oxygen atoms in total. The van der Waals surface area contributed by atoms with Gasteiger partial charge in [0.05, 0.1) is 5.56 Å². The molecule has 0 saturated heterocycles. The molecule has 0 bridgehead atoms. The smallest absolute Gasteiger partial charge is 0.324 e. The van der Waals surface area contributed by atoms with Crippen LogP contribution < -0.4 is 5.73 Å². The highest BCUT2D eigenvalue weighted by molar-refractivity contribution is 5.28. The maximum atomic E-state index is 12.6. The molecule has 0 heterocycles. The van der Waals surface area contributed by atoms with Gasteiger partial charge < -0.3 is 5.73 Å². The van der Waals surface area contributed by atoms with Crippen molar-refractivity contribution in [3.05, 3.63) is 35.4 Å². The highest BCUT2D eigenvalue weighted by Crippen LogP contribution is 2.36. The fraction of sp³-hybridized carbons (Fsp3) is 0.538. The van der Waals surface area contributed by atoms with Gasteiger partial charge in [-0.05, 0) is 36.5 Å². The van der Waals surface area contributed by atoms with E-state index in [4.69, 9.17) is 5.73 Å². The van der Waals surface area contributed by atoms with Gasteiger partial charge in [-0.2, -0.15) is 13.2 Å². The summed E-state index contributed by atoms with van der Waals surface area (Å²) in [5.74, 6) is 0.332. The van der Waals surface area contributed by atoms with E-state index in [2.05, 4.69) is 0 Å². The van der Waals surface area contributed by atoms with Crippen molar-refractivity contribution < 1.29 is 13.2 Å². The lowest BCUT2D eigenvalue weighted by Gasteiger charge is -2.20. The number of halogens is 3. The molecule has 1 atom stereocenters. The van der Waals surface area contributed by atoms with E-state index in [1.807, 2.05) is 0 Å². The predicted octanol–water partition coefficient (Wildman–Crippen LogP) is 3.90. The first kappa shape index (κ1) is 12.4. The molecular formula is C13H16F3N. The van der Waals surface area contributed by atoms with Crippen molar-refractivity contribution in [1.29, 1.82) is 0 Å². The van der Waals surface area contributed by atoms with Crippen LogP contribution >= 0.6 is 0 Å². The maximum Gasteiger partial charge on any atom is 0.416 e. The van der Waals surface area contributed by atoms with E-state index in [0.717, 1.165) is 31.7 Å². The molecule has 4 heteroatoms. The monoisotopic (exact) mass is 243 g/mol. The minimum atomic E-state index is -4.29. The van der Waals surface area contributed by atoms with Crippen LogP contribution in [0.4, 0.5) is 13.2 Å². The summed E-state index contributed by atoms with van der Waals surface area (Å²) in [5, 5.41) is 0. The molecule has 1 aliphatic carbocycles. The van der Waals surface area contributed by atoms with E-state index in [1.54, 1.807) is 6.07 Å². The van der Waals surface area contributed by atoms with Crippen molar-refractivity contribution in [1.82, 2.24) is 0 Å². The summed E-state index contributed by atoms with van der Waals surface area (Å²) in [4.78, 5) is 0. The molecule has 0 unspecified atom stereocenters. The molecule has 1 fully saturated rings. The van der Waals surface area contributed by atoms with Gasteiger partial charge in [-0.25, -0.2) is 0 Å². The Morgan fingerprint density at radius 1 is 1.18 bits per heavy atom. The summed E-state index contributed by atoms with van der Waals surface area (Å²) in [6.07, 6.45) is 0.0366. The van der Waals surface area contributed by atoms with E-state index in [1.165, 1.54) is 12.1 Å². The molecule has 2 rings (SSSR count). The number of alkyl halides is 3. The van der Waals surface area contributed by atoms with Gasteiger partial charge in [0.1, 0.15) is 0 Å².